The van der Waals surface area contributed by atoms with E-state index in [4.69, 9.17) is 4.74 Å². The fraction of sp³-hybridized carbons (Fsp3) is 0.739. The molecule has 0 spiro atoms. The first-order chi connectivity index (χ1) is 12.5. The topological polar surface area (TPSA) is 43.4 Å². The average Bonchev–Trinajstić information content (AvgIpc) is 3.39. The van der Waals surface area contributed by atoms with Gasteiger partial charge in [-0.3, -0.25) is 9.59 Å². The van der Waals surface area contributed by atoms with Crippen molar-refractivity contribution in [1.29, 1.82) is 0 Å². The van der Waals surface area contributed by atoms with E-state index in [1.165, 1.54) is 25.3 Å². The van der Waals surface area contributed by atoms with Crippen LogP contribution in [0.2, 0.25) is 0 Å². The first-order valence-electron chi connectivity index (χ1n) is 10.6. The minimum absolute atomic E-state index is 0.0532. The molecule has 5 aliphatic carbocycles. The number of ether oxygens (including phenoxy) is 1. The Kier molecular flexibility index (Phi) is 3.92. The van der Waals surface area contributed by atoms with Crippen molar-refractivity contribution in [3.63, 3.8) is 0 Å². The Balaban J connectivity index is 1.26. The molecule has 0 aromatic heterocycles. The van der Waals surface area contributed by atoms with E-state index in [1.807, 2.05) is 0 Å². The predicted octanol–water partition coefficient (Wildman–Crippen LogP) is 4.53. The number of esters is 1. The van der Waals surface area contributed by atoms with Gasteiger partial charge in [-0.25, -0.2) is 0 Å². The molecule has 0 heterocycles. The molecule has 4 saturated carbocycles. The van der Waals surface area contributed by atoms with Crippen molar-refractivity contribution in [2.75, 3.05) is 0 Å². The first-order valence-corrected chi connectivity index (χ1v) is 10.6. The maximum Gasteiger partial charge on any atom is 0.314 e. The lowest BCUT2D eigenvalue weighted by molar-refractivity contribution is -0.148. The van der Waals surface area contributed by atoms with Gasteiger partial charge in [-0.05, 0) is 91.6 Å². The van der Waals surface area contributed by atoms with Crippen molar-refractivity contribution < 1.29 is 14.3 Å². The largest absolute Gasteiger partial charge is 0.431 e. The Morgan fingerprint density at radius 3 is 2.62 bits per heavy atom. The van der Waals surface area contributed by atoms with Crippen LogP contribution in [0.25, 0.3) is 0 Å². The molecule has 9 atom stereocenters. The summed E-state index contributed by atoms with van der Waals surface area (Å²) >= 11 is 0. The van der Waals surface area contributed by atoms with E-state index < -0.39 is 0 Å². The molecule has 4 fully saturated rings. The summed E-state index contributed by atoms with van der Waals surface area (Å²) in [6, 6.07) is 0. The molecule has 3 heteroatoms. The van der Waals surface area contributed by atoms with E-state index >= 15 is 0 Å². The zero-order chi connectivity index (χ0) is 18.0. The third-order valence-electron chi connectivity index (χ3n) is 8.48. The second-order valence-corrected chi connectivity index (χ2v) is 9.82. The lowest BCUT2D eigenvalue weighted by atomic mass is 9.64. The standard InChI is InChI=1S/C23H30O3/c1-3-16(24)8-13-7-14-9-18(13)21-15-10-19(22(14)21)20(11-15)23(25)26-17-5-4-12(2)6-17/h3,5,12-15,18-22H,1,4,6-11H2,2H3. The van der Waals surface area contributed by atoms with Crippen molar-refractivity contribution >= 4 is 11.8 Å². The van der Waals surface area contributed by atoms with E-state index in [0.717, 1.165) is 48.7 Å². The zero-order valence-corrected chi connectivity index (χ0v) is 15.7. The number of carbonyl (C=O) groups is 2. The highest BCUT2D eigenvalue weighted by atomic mass is 16.5. The van der Waals surface area contributed by atoms with Crippen molar-refractivity contribution in [2.45, 2.75) is 51.9 Å². The van der Waals surface area contributed by atoms with E-state index in [2.05, 4.69) is 19.6 Å². The van der Waals surface area contributed by atoms with Gasteiger partial charge in [0.25, 0.3) is 0 Å². The lowest BCUT2D eigenvalue weighted by Crippen LogP contribution is -2.38. The molecule has 9 unspecified atom stereocenters. The molecule has 4 bridgehead atoms. The lowest BCUT2D eigenvalue weighted by Gasteiger charge is -2.40. The summed E-state index contributed by atoms with van der Waals surface area (Å²) in [5, 5.41) is 0. The minimum Gasteiger partial charge on any atom is -0.431 e. The number of rotatable bonds is 5. The first kappa shape index (κ1) is 16.8. The smallest absolute Gasteiger partial charge is 0.314 e. The van der Waals surface area contributed by atoms with E-state index in [0.29, 0.717) is 30.1 Å². The Morgan fingerprint density at radius 2 is 1.88 bits per heavy atom. The Hall–Kier alpha value is -1.38. The second-order valence-electron chi connectivity index (χ2n) is 9.82. The summed E-state index contributed by atoms with van der Waals surface area (Å²) in [6.45, 7) is 5.85. The van der Waals surface area contributed by atoms with Gasteiger partial charge in [0.05, 0.1) is 5.92 Å². The molecule has 0 N–H and O–H groups in total. The molecule has 0 saturated heterocycles. The van der Waals surface area contributed by atoms with Crippen LogP contribution in [0, 0.1) is 53.3 Å². The molecule has 0 amide bonds. The zero-order valence-electron chi connectivity index (χ0n) is 15.7. The van der Waals surface area contributed by atoms with Gasteiger partial charge in [-0.1, -0.05) is 13.5 Å². The molecule has 0 radical (unpaired) electrons. The summed E-state index contributed by atoms with van der Waals surface area (Å²) in [6.07, 6.45) is 11.0. The van der Waals surface area contributed by atoms with E-state index in [9.17, 15) is 9.59 Å². The van der Waals surface area contributed by atoms with Crippen LogP contribution in [0.3, 0.4) is 0 Å². The fourth-order valence-corrected chi connectivity index (χ4v) is 7.72. The van der Waals surface area contributed by atoms with Crippen LogP contribution in [0.1, 0.15) is 51.9 Å². The second kappa shape index (κ2) is 6.07. The summed E-state index contributed by atoms with van der Waals surface area (Å²) < 4.78 is 5.80. The van der Waals surface area contributed by atoms with Crippen molar-refractivity contribution in [1.82, 2.24) is 0 Å². The maximum atomic E-state index is 12.8. The molecule has 5 rings (SSSR count). The highest BCUT2D eigenvalue weighted by Gasteiger charge is 2.65. The van der Waals surface area contributed by atoms with E-state index in [-0.39, 0.29) is 17.7 Å². The van der Waals surface area contributed by atoms with Crippen LogP contribution in [0.4, 0.5) is 0 Å². The quantitative estimate of drug-likeness (QED) is 0.414. The summed E-state index contributed by atoms with van der Waals surface area (Å²) in [5.74, 6) is 6.69. The van der Waals surface area contributed by atoms with Gasteiger partial charge < -0.3 is 4.74 Å². The predicted molar refractivity (Wildman–Crippen MR) is 98.8 cm³/mol. The molecule has 0 aromatic rings. The third kappa shape index (κ3) is 2.46. The van der Waals surface area contributed by atoms with Crippen LogP contribution in [0.5, 0.6) is 0 Å². The Labute approximate surface area is 156 Å². The SMILES string of the molecule is C=CC(=O)CC1CC2CC1C1C3CC(C(=O)OC4=CCC(C)C4)C(C3)C21. The van der Waals surface area contributed by atoms with E-state index in [1.54, 1.807) is 0 Å². The summed E-state index contributed by atoms with van der Waals surface area (Å²) in [5.41, 5.74) is 0. The minimum atomic E-state index is 0.0532. The van der Waals surface area contributed by atoms with Gasteiger partial charge in [-0.2, -0.15) is 0 Å². The number of hydrogen-bond acceptors (Lipinski definition) is 3. The van der Waals surface area contributed by atoms with Crippen LogP contribution < -0.4 is 0 Å². The molecule has 5 aliphatic rings. The van der Waals surface area contributed by atoms with Crippen molar-refractivity contribution in [2.24, 2.45) is 53.3 Å². The van der Waals surface area contributed by atoms with Crippen molar-refractivity contribution in [3.05, 3.63) is 24.5 Å². The number of fused-ring (bicyclic) bond motifs is 9. The monoisotopic (exact) mass is 354 g/mol. The van der Waals surface area contributed by atoms with Gasteiger partial charge in [0.1, 0.15) is 5.76 Å². The number of ketones is 1. The normalized spacial score (nSPS) is 47.7. The van der Waals surface area contributed by atoms with Crippen LogP contribution in [0.15, 0.2) is 24.5 Å². The molecular weight excluding hydrogens is 324 g/mol. The highest BCUT2D eigenvalue weighted by molar-refractivity contribution is 5.89. The van der Waals surface area contributed by atoms with Crippen LogP contribution >= 0.6 is 0 Å². The van der Waals surface area contributed by atoms with Gasteiger partial charge in [0, 0.05) is 12.8 Å². The van der Waals surface area contributed by atoms with Gasteiger partial charge >= 0.3 is 5.97 Å². The van der Waals surface area contributed by atoms with Gasteiger partial charge in [-0.15, -0.1) is 0 Å². The van der Waals surface area contributed by atoms with Gasteiger partial charge in [0.2, 0.25) is 0 Å². The third-order valence-corrected chi connectivity index (χ3v) is 8.48. The Bertz CT molecular complexity index is 677. The van der Waals surface area contributed by atoms with Gasteiger partial charge in [0.15, 0.2) is 5.78 Å². The Morgan fingerprint density at radius 1 is 1.15 bits per heavy atom. The molecule has 0 aromatic carbocycles. The molecule has 140 valence electrons. The molecule has 3 nitrogen and oxygen atoms in total. The fourth-order valence-electron chi connectivity index (χ4n) is 7.72. The highest BCUT2D eigenvalue weighted by Crippen LogP contribution is 2.70. The number of hydrogen-bond donors (Lipinski definition) is 0. The molecule has 0 aliphatic heterocycles. The number of allylic oxidation sites excluding steroid dienone is 3. The van der Waals surface area contributed by atoms with Crippen LogP contribution in [-0.4, -0.2) is 11.8 Å². The number of carbonyl (C=O) groups excluding carboxylic acids is 2. The van der Waals surface area contributed by atoms with Crippen LogP contribution in [-0.2, 0) is 14.3 Å². The molecular formula is C23H30O3. The maximum absolute atomic E-state index is 12.8. The van der Waals surface area contributed by atoms with Crippen molar-refractivity contribution in [3.8, 4) is 0 Å². The average molecular weight is 354 g/mol. The summed E-state index contributed by atoms with van der Waals surface area (Å²) in [7, 11) is 0. The summed E-state index contributed by atoms with van der Waals surface area (Å²) in [4.78, 5) is 24.7. The molecule has 26 heavy (non-hydrogen) atoms.